The Morgan fingerprint density at radius 1 is 1.24 bits per heavy atom. The summed E-state index contributed by atoms with van der Waals surface area (Å²) < 4.78 is 5.27. The van der Waals surface area contributed by atoms with Crippen LogP contribution in [0.4, 0.5) is 0 Å². The second kappa shape index (κ2) is 4.24. The molecule has 0 radical (unpaired) electrons. The molecule has 17 heavy (non-hydrogen) atoms. The minimum Gasteiger partial charge on any atom is -0.458 e. The average molecular weight is 229 g/mol. The highest BCUT2D eigenvalue weighted by Gasteiger charge is 2.34. The molecule has 1 saturated heterocycles. The van der Waals surface area contributed by atoms with Crippen molar-refractivity contribution < 1.29 is 9.53 Å². The van der Waals surface area contributed by atoms with E-state index in [4.69, 9.17) is 4.74 Å². The summed E-state index contributed by atoms with van der Waals surface area (Å²) in [5.41, 5.74) is 1.96. The second-order valence-corrected chi connectivity index (χ2v) is 4.45. The number of benzene rings is 1. The molecule has 0 unspecified atom stereocenters. The van der Waals surface area contributed by atoms with Crippen molar-refractivity contribution in [2.75, 3.05) is 13.2 Å². The third-order valence-electron chi connectivity index (χ3n) is 3.39. The number of esters is 1. The van der Waals surface area contributed by atoms with E-state index in [9.17, 15) is 4.79 Å². The minimum absolute atomic E-state index is 0.170. The van der Waals surface area contributed by atoms with Gasteiger partial charge in [0.05, 0.1) is 6.04 Å². The standard InChI is InChI=1S/C14H15NO2/c16-14-12-8-4-5-9-15(12)13(10-17-14)11-6-2-1-3-7-11/h1-3,6-8,13H,4-5,9-10H2/t13-/m0/s1. The Labute approximate surface area is 101 Å². The summed E-state index contributed by atoms with van der Waals surface area (Å²) in [6.45, 7) is 1.40. The highest BCUT2D eigenvalue weighted by molar-refractivity contribution is 5.88. The molecule has 2 aliphatic rings. The number of hydrogen-bond donors (Lipinski definition) is 0. The fourth-order valence-electron chi connectivity index (χ4n) is 2.53. The van der Waals surface area contributed by atoms with Crippen molar-refractivity contribution >= 4 is 5.97 Å². The third kappa shape index (κ3) is 1.82. The van der Waals surface area contributed by atoms with Gasteiger partial charge < -0.3 is 9.64 Å². The van der Waals surface area contributed by atoms with Crippen LogP contribution in [-0.2, 0) is 9.53 Å². The van der Waals surface area contributed by atoms with Crippen molar-refractivity contribution in [2.45, 2.75) is 18.9 Å². The first-order valence-corrected chi connectivity index (χ1v) is 6.05. The van der Waals surface area contributed by atoms with Crippen LogP contribution >= 0.6 is 0 Å². The van der Waals surface area contributed by atoms with Crippen LogP contribution < -0.4 is 0 Å². The molecule has 1 atom stereocenters. The maximum Gasteiger partial charge on any atom is 0.354 e. The predicted octanol–water partition coefficient (Wildman–Crippen LogP) is 2.26. The minimum atomic E-state index is -0.170. The fraction of sp³-hybridized carbons (Fsp3) is 0.357. The largest absolute Gasteiger partial charge is 0.458 e. The van der Waals surface area contributed by atoms with Crippen LogP contribution in [0.2, 0.25) is 0 Å². The van der Waals surface area contributed by atoms with E-state index in [1.807, 2.05) is 24.3 Å². The molecule has 1 fully saturated rings. The Morgan fingerprint density at radius 3 is 2.88 bits per heavy atom. The molecule has 0 aliphatic carbocycles. The summed E-state index contributed by atoms with van der Waals surface area (Å²) in [7, 11) is 0. The van der Waals surface area contributed by atoms with Gasteiger partial charge in [-0.25, -0.2) is 4.79 Å². The van der Waals surface area contributed by atoms with Gasteiger partial charge in [-0.2, -0.15) is 0 Å². The first kappa shape index (κ1) is 10.4. The SMILES string of the molecule is O=C1OC[C@@H](c2ccccc2)N2CCCC=C12. The molecule has 88 valence electrons. The number of cyclic esters (lactones) is 1. The summed E-state index contributed by atoms with van der Waals surface area (Å²) in [6, 6.07) is 10.4. The molecule has 0 saturated carbocycles. The van der Waals surface area contributed by atoms with Crippen molar-refractivity contribution in [3.05, 3.63) is 47.7 Å². The summed E-state index contributed by atoms with van der Waals surface area (Å²) in [4.78, 5) is 13.9. The van der Waals surface area contributed by atoms with E-state index < -0.39 is 0 Å². The van der Waals surface area contributed by atoms with E-state index >= 15 is 0 Å². The van der Waals surface area contributed by atoms with Crippen LogP contribution in [0.3, 0.4) is 0 Å². The lowest BCUT2D eigenvalue weighted by Gasteiger charge is -2.40. The highest BCUT2D eigenvalue weighted by Crippen LogP contribution is 2.32. The normalized spacial score (nSPS) is 23.8. The van der Waals surface area contributed by atoms with Gasteiger partial charge in [0, 0.05) is 6.54 Å². The molecular formula is C14H15NO2. The average Bonchev–Trinajstić information content (AvgIpc) is 2.41. The Bertz CT molecular complexity index is 453. The molecule has 0 N–H and O–H groups in total. The predicted molar refractivity (Wildman–Crippen MR) is 64.2 cm³/mol. The zero-order valence-corrected chi connectivity index (χ0v) is 9.63. The lowest BCUT2D eigenvalue weighted by molar-refractivity contribution is -0.148. The van der Waals surface area contributed by atoms with Crippen LogP contribution in [0.1, 0.15) is 24.4 Å². The third-order valence-corrected chi connectivity index (χ3v) is 3.39. The number of nitrogens with zero attached hydrogens (tertiary/aromatic N) is 1. The monoisotopic (exact) mass is 229 g/mol. The molecular weight excluding hydrogens is 214 g/mol. The number of rotatable bonds is 1. The van der Waals surface area contributed by atoms with Crippen molar-refractivity contribution in [1.29, 1.82) is 0 Å². The second-order valence-electron chi connectivity index (χ2n) is 4.45. The molecule has 1 aromatic carbocycles. The maximum absolute atomic E-state index is 11.7. The zero-order valence-electron chi connectivity index (χ0n) is 9.63. The van der Waals surface area contributed by atoms with E-state index in [0.29, 0.717) is 6.61 Å². The van der Waals surface area contributed by atoms with Crippen molar-refractivity contribution in [3.63, 3.8) is 0 Å². The van der Waals surface area contributed by atoms with E-state index in [0.717, 1.165) is 25.1 Å². The van der Waals surface area contributed by atoms with Gasteiger partial charge in [0.15, 0.2) is 0 Å². The number of carbonyl (C=O) groups excluding carboxylic acids is 1. The molecule has 3 rings (SSSR count). The molecule has 0 bridgehead atoms. The molecule has 0 spiro atoms. The number of ether oxygens (including phenoxy) is 1. The Morgan fingerprint density at radius 2 is 2.06 bits per heavy atom. The maximum atomic E-state index is 11.7. The summed E-state index contributed by atoms with van der Waals surface area (Å²) in [5, 5.41) is 0. The first-order valence-electron chi connectivity index (χ1n) is 6.05. The number of hydrogen-bond acceptors (Lipinski definition) is 3. The molecule has 2 heterocycles. The molecule has 0 aromatic heterocycles. The molecule has 1 aromatic rings. The van der Waals surface area contributed by atoms with Crippen LogP contribution in [0.15, 0.2) is 42.1 Å². The summed E-state index contributed by atoms with van der Waals surface area (Å²) in [5.74, 6) is -0.170. The molecule has 2 aliphatic heterocycles. The Kier molecular flexibility index (Phi) is 2.59. The Hall–Kier alpha value is -1.77. The van der Waals surface area contributed by atoms with Crippen molar-refractivity contribution in [2.24, 2.45) is 0 Å². The van der Waals surface area contributed by atoms with Crippen molar-refractivity contribution in [3.8, 4) is 0 Å². The molecule has 3 nitrogen and oxygen atoms in total. The van der Waals surface area contributed by atoms with Gasteiger partial charge in [-0.1, -0.05) is 36.4 Å². The summed E-state index contributed by atoms with van der Waals surface area (Å²) in [6.07, 6.45) is 4.09. The Balaban J connectivity index is 1.94. The van der Waals surface area contributed by atoms with Crippen LogP contribution in [0.25, 0.3) is 0 Å². The number of morpholine rings is 1. The van der Waals surface area contributed by atoms with Gasteiger partial charge in [-0.05, 0) is 18.4 Å². The van der Waals surface area contributed by atoms with E-state index in [1.165, 1.54) is 5.56 Å². The van der Waals surface area contributed by atoms with E-state index in [2.05, 4.69) is 17.0 Å². The quantitative estimate of drug-likeness (QED) is 0.692. The topological polar surface area (TPSA) is 29.5 Å². The van der Waals surface area contributed by atoms with Gasteiger partial charge in [0.25, 0.3) is 0 Å². The van der Waals surface area contributed by atoms with Crippen LogP contribution in [-0.4, -0.2) is 24.0 Å². The smallest absolute Gasteiger partial charge is 0.354 e. The van der Waals surface area contributed by atoms with Gasteiger partial charge in [0.2, 0.25) is 0 Å². The van der Waals surface area contributed by atoms with E-state index in [-0.39, 0.29) is 12.0 Å². The zero-order chi connectivity index (χ0) is 11.7. The molecule has 0 amide bonds. The lowest BCUT2D eigenvalue weighted by Crippen LogP contribution is -2.42. The number of fused-ring (bicyclic) bond motifs is 1. The van der Waals surface area contributed by atoms with Gasteiger partial charge >= 0.3 is 5.97 Å². The van der Waals surface area contributed by atoms with Gasteiger partial charge in [0.1, 0.15) is 12.3 Å². The molecule has 3 heteroatoms. The van der Waals surface area contributed by atoms with E-state index in [1.54, 1.807) is 0 Å². The fourth-order valence-corrected chi connectivity index (χ4v) is 2.53. The van der Waals surface area contributed by atoms with Crippen molar-refractivity contribution in [1.82, 2.24) is 4.90 Å². The van der Waals surface area contributed by atoms with Crippen LogP contribution in [0.5, 0.6) is 0 Å². The van der Waals surface area contributed by atoms with Gasteiger partial charge in [-0.3, -0.25) is 0 Å². The highest BCUT2D eigenvalue weighted by atomic mass is 16.5. The van der Waals surface area contributed by atoms with Gasteiger partial charge in [-0.15, -0.1) is 0 Å². The number of allylic oxidation sites excluding steroid dienone is 1. The first-order chi connectivity index (χ1) is 8.36. The lowest BCUT2D eigenvalue weighted by atomic mass is 10.0. The van der Waals surface area contributed by atoms with Crippen LogP contribution in [0, 0.1) is 0 Å². The number of carbonyl (C=O) groups is 1. The summed E-state index contributed by atoms with van der Waals surface area (Å²) >= 11 is 0.